The Morgan fingerprint density at radius 1 is 1.05 bits per heavy atom. The van der Waals surface area contributed by atoms with Crippen LogP contribution in [-0.2, 0) is 0 Å². The number of hydrogen-bond donors (Lipinski definition) is 0. The third kappa shape index (κ3) is 2.44. The highest BCUT2D eigenvalue weighted by Crippen LogP contribution is 2.22. The topological polar surface area (TPSA) is 57.1 Å². The number of hydrogen-bond acceptors (Lipinski definition) is 5. The normalized spacial score (nSPS) is 10.4. The summed E-state index contributed by atoms with van der Waals surface area (Å²) in [5.41, 5.74) is 0.918. The van der Waals surface area contributed by atoms with Gasteiger partial charge in [0.25, 0.3) is 0 Å². The molecule has 3 rings (SSSR count). The molecule has 0 unspecified atom stereocenters. The molecule has 2 aromatic heterocycles. The molecule has 0 amide bonds. The molecule has 94 valence electrons. The Labute approximate surface area is 109 Å². The molecule has 0 radical (unpaired) electrons. The van der Waals surface area contributed by atoms with E-state index >= 15 is 0 Å². The lowest BCUT2D eigenvalue weighted by molar-refractivity contribution is 0.376. The number of methoxy groups -OCH3 is 1. The smallest absolute Gasteiger partial charge is 0.325 e. The number of fused-ring (bicyclic) bond motifs is 1. The van der Waals surface area contributed by atoms with Gasteiger partial charge in [-0.25, -0.2) is 4.98 Å². The maximum absolute atomic E-state index is 5.56. The van der Waals surface area contributed by atoms with Crippen LogP contribution in [0.5, 0.6) is 17.6 Å². The Balaban J connectivity index is 1.92. The number of ether oxygens (including phenoxy) is 2. The van der Waals surface area contributed by atoms with Gasteiger partial charge in [0.1, 0.15) is 5.75 Å². The minimum atomic E-state index is 0.233. The van der Waals surface area contributed by atoms with Crippen LogP contribution in [0.25, 0.3) is 10.9 Å². The van der Waals surface area contributed by atoms with Crippen LogP contribution in [0.4, 0.5) is 0 Å². The van der Waals surface area contributed by atoms with Crippen molar-refractivity contribution >= 4 is 10.9 Å². The Morgan fingerprint density at radius 3 is 2.84 bits per heavy atom. The summed E-state index contributed by atoms with van der Waals surface area (Å²) in [5.74, 6) is 1.05. The minimum absolute atomic E-state index is 0.233. The van der Waals surface area contributed by atoms with E-state index in [1.165, 1.54) is 0 Å². The van der Waals surface area contributed by atoms with Crippen LogP contribution in [0.2, 0.25) is 0 Å². The molecule has 1 aromatic carbocycles. The zero-order chi connectivity index (χ0) is 13.1. The lowest BCUT2D eigenvalue weighted by atomic mass is 10.2. The average molecular weight is 253 g/mol. The van der Waals surface area contributed by atoms with Gasteiger partial charge in [-0.05, 0) is 12.1 Å². The molecule has 0 fully saturated rings. The third-order valence-corrected chi connectivity index (χ3v) is 2.59. The molecule has 0 aliphatic carbocycles. The second-order valence-corrected chi connectivity index (χ2v) is 3.85. The lowest BCUT2D eigenvalue weighted by Crippen LogP contribution is -1.94. The van der Waals surface area contributed by atoms with Gasteiger partial charge in [0, 0.05) is 17.6 Å². The van der Waals surface area contributed by atoms with Gasteiger partial charge in [-0.1, -0.05) is 18.2 Å². The fraction of sp³-hybridized carbons (Fsp3) is 0.0714. The first-order valence-electron chi connectivity index (χ1n) is 5.75. The van der Waals surface area contributed by atoms with E-state index in [9.17, 15) is 0 Å². The number of benzene rings is 1. The van der Waals surface area contributed by atoms with Crippen molar-refractivity contribution in [2.75, 3.05) is 7.11 Å². The molecule has 3 aromatic rings. The summed E-state index contributed by atoms with van der Waals surface area (Å²) in [5, 5.41) is 1.00. The average Bonchev–Trinajstić information content (AvgIpc) is 2.47. The van der Waals surface area contributed by atoms with Crippen LogP contribution in [0, 0.1) is 0 Å². The first kappa shape index (κ1) is 11.4. The molecule has 0 atom stereocenters. The lowest BCUT2D eigenvalue weighted by Gasteiger charge is -2.05. The van der Waals surface area contributed by atoms with Gasteiger partial charge < -0.3 is 9.47 Å². The van der Waals surface area contributed by atoms with Crippen molar-refractivity contribution in [2.45, 2.75) is 0 Å². The molecule has 0 saturated heterocycles. The van der Waals surface area contributed by atoms with Crippen molar-refractivity contribution < 1.29 is 9.47 Å². The fourth-order valence-electron chi connectivity index (χ4n) is 1.70. The molecule has 0 spiro atoms. The quantitative estimate of drug-likeness (QED) is 0.718. The van der Waals surface area contributed by atoms with Crippen LogP contribution in [0.3, 0.4) is 0 Å². The minimum Gasteiger partial charge on any atom is -0.481 e. The highest BCUT2D eigenvalue weighted by Gasteiger charge is 2.04. The largest absolute Gasteiger partial charge is 0.481 e. The van der Waals surface area contributed by atoms with E-state index in [0.717, 1.165) is 10.9 Å². The van der Waals surface area contributed by atoms with Gasteiger partial charge in [-0.2, -0.15) is 4.98 Å². The van der Waals surface area contributed by atoms with E-state index in [4.69, 9.17) is 9.47 Å². The summed E-state index contributed by atoms with van der Waals surface area (Å²) in [7, 11) is 1.55. The van der Waals surface area contributed by atoms with Gasteiger partial charge >= 0.3 is 6.01 Å². The van der Waals surface area contributed by atoms with E-state index in [1.807, 2.05) is 30.3 Å². The molecule has 5 heteroatoms. The fourth-order valence-corrected chi connectivity index (χ4v) is 1.70. The Morgan fingerprint density at radius 2 is 1.95 bits per heavy atom. The van der Waals surface area contributed by atoms with Crippen molar-refractivity contribution in [3.63, 3.8) is 0 Å². The van der Waals surface area contributed by atoms with E-state index in [2.05, 4.69) is 15.0 Å². The molecule has 0 N–H and O–H groups in total. The Bertz CT molecular complexity index is 716. The third-order valence-electron chi connectivity index (χ3n) is 2.59. The molecular weight excluding hydrogens is 242 g/mol. The molecular formula is C14H11N3O2. The number of pyridine rings is 1. The van der Waals surface area contributed by atoms with Gasteiger partial charge in [0.15, 0.2) is 0 Å². The monoisotopic (exact) mass is 253 g/mol. The SMILES string of the molecule is COc1ccnc(Oc2cnc3ccccc3c2)n1. The molecule has 0 bridgehead atoms. The van der Waals surface area contributed by atoms with Crippen LogP contribution < -0.4 is 9.47 Å². The number of nitrogens with zero attached hydrogens (tertiary/aromatic N) is 3. The van der Waals surface area contributed by atoms with Crippen LogP contribution >= 0.6 is 0 Å². The zero-order valence-electron chi connectivity index (χ0n) is 10.3. The Kier molecular flexibility index (Phi) is 2.94. The molecule has 0 saturated carbocycles. The van der Waals surface area contributed by atoms with Crippen molar-refractivity contribution in [1.82, 2.24) is 15.0 Å². The summed E-state index contributed by atoms with van der Waals surface area (Å²) in [6, 6.07) is 11.6. The molecule has 0 aliphatic rings. The van der Waals surface area contributed by atoms with Gasteiger partial charge in [-0.15, -0.1) is 0 Å². The highest BCUT2D eigenvalue weighted by atomic mass is 16.5. The summed E-state index contributed by atoms with van der Waals surface area (Å²) in [6.07, 6.45) is 3.22. The van der Waals surface area contributed by atoms with Gasteiger partial charge in [0.05, 0.1) is 18.8 Å². The van der Waals surface area contributed by atoms with Crippen LogP contribution in [0.15, 0.2) is 48.8 Å². The van der Waals surface area contributed by atoms with E-state index in [-0.39, 0.29) is 6.01 Å². The van der Waals surface area contributed by atoms with Crippen LogP contribution in [0.1, 0.15) is 0 Å². The zero-order valence-corrected chi connectivity index (χ0v) is 10.3. The van der Waals surface area contributed by atoms with Crippen molar-refractivity contribution in [3.05, 3.63) is 48.8 Å². The maximum atomic E-state index is 5.56. The number of aromatic nitrogens is 3. The predicted molar refractivity (Wildman–Crippen MR) is 70.4 cm³/mol. The van der Waals surface area contributed by atoms with Gasteiger partial charge in [-0.3, -0.25) is 4.98 Å². The van der Waals surface area contributed by atoms with Crippen molar-refractivity contribution in [3.8, 4) is 17.6 Å². The van der Waals surface area contributed by atoms with E-state index in [1.54, 1.807) is 25.6 Å². The second-order valence-electron chi connectivity index (χ2n) is 3.85. The van der Waals surface area contributed by atoms with Gasteiger partial charge in [0.2, 0.25) is 5.88 Å². The number of para-hydroxylation sites is 1. The van der Waals surface area contributed by atoms with E-state index < -0.39 is 0 Å². The molecule has 19 heavy (non-hydrogen) atoms. The highest BCUT2D eigenvalue weighted by molar-refractivity contribution is 5.79. The van der Waals surface area contributed by atoms with Crippen molar-refractivity contribution in [1.29, 1.82) is 0 Å². The molecule has 5 nitrogen and oxygen atoms in total. The second kappa shape index (κ2) is 4.89. The number of rotatable bonds is 3. The first-order chi connectivity index (χ1) is 9.35. The standard InChI is InChI=1S/C14H11N3O2/c1-18-13-6-7-15-14(17-13)19-11-8-10-4-2-3-5-12(10)16-9-11/h2-9H,1H3. The summed E-state index contributed by atoms with van der Waals surface area (Å²) in [4.78, 5) is 12.4. The molecule has 2 heterocycles. The predicted octanol–water partition coefficient (Wildman–Crippen LogP) is 2.83. The molecule has 0 aliphatic heterocycles. The van der Waals surface area contributed by atoms with Crippen LogP contribution in [-0.4, -0.2) is 22.1 Å². The first-order valence-corrected chi connectivity index (χ1v) is 5.75. The van der Waals surface area contributed by atoms with E-state index in [0.29, 0.717) is 11.6 Å². The summed E-state index contributed by atoms with van der Waals surface area (Å²) < 4.78 is 10.6. The maximum Gasteiger partial charge on any atom is 0.325 e. The summed E-state index contributed by atoms with van der Waals surface area (Å²) >= 11 is 0. The Hall–Kier alpha value is -2.69. The summed E-state index contributed by atoms with van der Waals surface area (Å²) in [6.45, 7) is 0. The van der Waals surface area contributed by atoms with Crippen molar-refractivity contribution in [2.24, 2.45) is 0 Å².